The van der Waals surface area contributed by atoms with Gasteiger partial charge < -0.3 is 0 Å². The van der Waals surface area contributed by atoms with E-state index in [1.165, 1.54) is 5.56 Å². The largest absolute Gasteiger partial charge is 0.294 e. The lowest BCUT2D eigenvalue weighted by Gasteiger charge is -2.23. The summed E-state index contributed by atoms with van der Waals surface area (Å²) in [5.74, 6) is 0.0825. The third-order valence-corrected chi connectivity index (χ3v) is 6.56. The van der Waals surface area contributed by atoms with E-state index in [1.807, 2.05) is 30.3 Å². The van der Waals surface area contributed by atoms with Crippen LogP contribution in [0.4, 0.5) is 0 Å². The number of benzene rings is 2. The minimum atomic E-state index is -0.0305. The van der Waals surface area contributed by atoms with Crippen LogP contribution in [-0.2, 0) is 9.59 Å². The molecule has 1 aliphatic rings. The molecular weight excluding hydrogens is 380 g/mol. The van der Waals surface area contributed by atoms with E-state index in [-0.39, 0.29) is 29.8 Å². The molecule has 0 spiro atoms. The van der Waals surface area contributed by atoms with E-state index >= 15 is 0 Å². The van der Waals surface area contributed by atoms with Crippen LogP contribution in [0.3, 0.4) is 0 Å². The molecule has 31 heavy (non-hydrogen) atoms. The number of ketones is 2. The monoisotopic (exact) mass is 414 g/mol. The van der Waals surface area contributed by atoms with E-state index in [4.69, 9.17) is 0 Å². The number of hydrogen-bond donors (Lipinski definition) is 0. The number of carbonyl (C=O) groups excluding carboxylic acids is 2. The van der Waals surface area contributed by atoms with Gasteiger partial charge in [-0.2, -0.15) is 0 Å². The zero-order chi connectivity index (χ0) is 22.4. The molecule has 0 heterocycles. The van der Waals surface area contributed by atoms with Gasteiger partial charge in [-0.25, -0.2) is 0 Å². The van der Waals surface area contributed by atoms with Crippen LogP contribution in [0.15, 0.2) is 71.8 Å². The number of hydrogen-bond acceptors (Lipinski definition) is 2. The SMILES string of the molecule is CCCCC/C=C(/C1=C(C(C)[C@H](C)c2ccccc2)C(=O)CC1=O)c1ccccc1C. The predicted molar refractivity (Wildman–Crippen MR) is 129 cm³/mol. The Morgan fingerprint density at radius 2 is 1.58 bits per heavy atom. The molecule has 0 radical (unpaired) electrons. The summed E-state index contributed by atoms with van der Waals surface area (Å²) in [6.45, 7) is 8.51. The zero-order valence-electron chi connectivity index (χ0n) is 19.3. The first kappa shape index (κ1) is 22.9. The van der Waals surface area contributed by atoms with Gasteiger partial charge in [0.25, 0.3) is 0 Å². The molecule has 0 bridgehead atoms. The summed E-state index contributed by atoms with van der Waals surface area (Å²) in [4.78, 5) is 26.2. The van der Waals surface area contributed by atoms with Gasteiger partial charge in [-0.3, -0.25) is 9.59 Å². The Hall–Kier alpha value is -2.74. The van der Waals surface area contributed by atoms with Gasteiger partial charge in [0.2, 0.25) is 0 Å². The first-order valence-electron chi connectivity index (χ1n) is 11.6. The highest BCUT2D eigenvalue weighted by Gasteiger charge is 2.37. The van der Waals surface area contributed by atoms with Crippen LogP contribution >= 0.6 is 0 Å². The molecule has 2 aromatic rings. The summed E-state index contributed by atoms with van der Waals surface area (Å²) >= 11 is 0. The molecule has 2 heteroatoms. The van der Waals surface area contributed by atoms with Gasteiger partial charge in [0.05, 0.1) is 6.42 Å². The molecule has 0 fully saturated rings. The topological polar surface area (TPSA) is 34.1 Å². The summed E-state index contributed by atoms with van der Waals surface area (Å²) in [5.41, 5.74) is 5.71. The van der Waals surface area contributed by atoms with Crippen LogP contribution in [-0.4, -0.2) is 11.6 Å². The van der Waals surface area contributed by atoms with Crippen molar-refractivity contribution >= 4 is 17.1 Å². The van der Waals surface area contributed by atoms with Crippen LogP contribution in [0.2, 0.25) is 0 Å². The second-order valence-corrected chi connectivity index (χ2v) is 8.73. The fourth-order valence-electron chi connectivity index (χ4n) is 4.55. The molecule has 2 aromatic carbocycles. The third kappa shape index (κ3) is 5.12. The Labute approximate surface area is 187 Å². The molecule has 0 aromatic heterocycles. The van der Waals surface area contributed by atoms with Crippen LogP contribution < -0.4 is 0 Å². The zero-order valence-corrected chi connectivity index (χ0v) is 19.3. The van der Waals surface area contributed by atoms with Crippen molar-refractivity contribution in [1.29, 1.82) is 0 Å². The number of rotatable bonds is 9. The van der Waals surface area contributed by atoms with Gasteiger partial charge in [0, 0.05) is 11.1 Å². The molecule has 0 saturated heterocycles. The van der Waals surface area contributed by atoms with Crippen LogP contribution in [0, 0.1) is 12.8 Å². The number of allylic oxidation sites excluding steroid dienone is 4. The van der Waals surface area contributed by atoms with Gasteiger partial charge in [0.1, 0.15) is 0 Å². The average molecular weight is 415 g/mol. The third-order valence-electron chi connectivity index (χ3n) is 6.56. The van der Waals surface area contributed by atoms with Crippen LogP contribution in [0.5, 0.6) is 0 Å². The standard InChI is InChI=1S/C29H34O2/c1-5-6-7-11-18-25(24-17-13-12-14-20(24)2)29-27(31)19-26(30)28(29)22(4)21(3)23-15-9-8-10-16-23/h8-10,12-18,21-22H,5-7,11,19H2,1-4H3/b25-18+/t21-,22?/m0/s1. The van der Waals surface area contributed by atoms with Gasteiger partial charge in [-0.1, -0.05) is 94.3 Å². The molecule has 1 aliphatic carbocycles. The normalized spacial score (nSPS) is 16.7. The predicted octanol–water partition coefficient (Wildman–Crippen LogP) is 7.24. The Bertz CT molecular complexity index is 994. The first-order chi connectivity index (χ1) is 15.0. The summed E-state index contributed by atoms with van der Waals surface area (Å²) in [6.07, 6.45) is 6.52. The highest BCUT2D eigenvalue weighted by Crippen LogP contribution is 2.41. The maximum atomic E-state index is 13.2. The minimum Gasteiger partial charge on any atom is -0.294 e. The number of unbranched alkanes of at least 4 members (excludes halogenated alkanes) is 3. The Balaban J connectivity index is 2.11. The summed E-state index contributed by atoms with van der Waals surface area (Å²) in [7, 11) is 0. The number of carbonyl (C=O) groups is 2. The van der Waals surface area contributed by atoms with E-state index in [0.29, 0.717) is 11.1 Å². The maximum absolute atomic E-state index is 13.2. The Morgan fingerprint density at radius 3 is 2.26 bits per heavy atom. The fourth-order valence-corrected chi connectivity index (χ4v) is 4.55. The fraction of sp³-hybridized carbons (Fsp3) is 0.379. The lowest BCUT2D eigenvalue weighted by Crippen LogP contribution is -2.15. The Kier molecular flexibility index (Phi) is 7.79. The van der Waals surface area contributed by atoms with Crippen molar-refractivity contribution in [3.63, 3.8) is 0 Å². The molecule has 162 valence electrons. The van der Waals surface area contributed by atoms with Crippen molar-refractivity contribution in [1.82, 2.24) is 0 Å². The second kappa shape index (κ2) is 10.5. The van der Waals surface area contributed by atoms with E-state index in [1.54, 1.807) is 0 Å². The average Bonchev–Trinajstić information content (AvgIpc) is 3.07. The molecule has 0 N–H and O–H groups in total. The van der Waals surface area contributed by atoms with Crippen molar-refractivity contribution in [3.8, 4) is 0 Å². The summed E-state index contributed by atoms with van der Waals surface area (Å²) < 4.78 is 0. The number of aryl methyl sites for hydroxylation is 1. The smallest absolute Gasteiger partial charge is 0.171 e. The van der Waals surface area contributed by atoms with E-state index in [2.05, 4.69) is 58.0 Å². The van der Waals surface area contributed by atoms with E-state index < -0.39 is 0 Å². The van der Waals surface area contributed by atoms with Gasteiger partial charge in [-0.15, -0.1) is 0 Å². The molecule has 0 aliphatic heterocycles. The van der Waals surface area contributed by atoms with Crippen LogP contribution in [0.1, 0.15) is 75.5 Å². The molecule has 2 atom stereocenters. The lowest BCUT2D eigenvalue weighted by molar-refractivity contribution is -0.121. The number of Topliss-reactive ketones (excluding diaryl/α,β-unsaturated/α-hetero) is 2. The van der Waals surface area contributed by atoms with Crippen molar-refractivity contribution in [2.24, 2.45) is 5.92 Å². The van der Waals surface area contributed by atoms with E-state index in [9.17, 15) is 9.59 Å². The quantitative estimate of drug-likeness (QED) is 0.320. The second-order valence-electron chi connectivity index (χ2n) is 8.73. The minimum absolute atomic E-state index is 0.00526. The highest BCUT2D eigenvalue weighted by atomic mass is 16.2. The van der Waals surface area contributed by atoms with Crippen LogP contribution in [0.25, 0.3) is 5.57 Å². The molecule has 0 saturated carbocycles. The molecule has 3 rings (SSSR count). The highest BCUT2D eigenvalue weighted by molar-refractivity contribution is 6.29. The van der Waals surface area contributed by atoms with Gasteiger partial charge in [0.15, 0.2) is 11.6 Å². The molecular formula is C29H34O2. The summed E-state index contributed by atoms with van der Waals surface area (Å²) in [5, 5.41) is 0. The van der Waals surface area contributed by atoms with Crippen molar-refractivity contribution in [2.75, 3.05) is 0 Å². The van der Waals surface area contributed by atoms with Gasteiger partial charge >= 0.3 is 0 Å². The first-order valence-corrected chi connectivity index (χ1v) is 11.6. The Morgan fingerprint density at radius 1 is 0.903 bits per heavy atom. The molecule has 0 amide bonds. The van der Waals surface area contributed by atoms with Crippen molar-refractivity contribution in [3.05, 3.63) is 88.5 Å². The van der Waals surface area contributed by atoms with Gasteiger partial charge in [-0.05, 0) is 53.9 Å². The van der Waals surface area contributed by atoms with Crippen molar-refractivity contribution < 1.29 is 9.59 Å². The van der Waals surface area contributed by atoms with E-state index in [0.717, 1.165) is 42.4 Å². The molecule has 1 unspecified atom stereocenters. The summed E-state index contributed by atoms with van der Waals surface area (Å²) in [6, 6.07) is 18.5. The lowest BCUT2D eigenvalue weighted by atomic mass is 9.80. The van der Waals surface area contributed by atoms with Crippen molar-refractivity contribution in [2.45, 2.75) is 65.7 Å². The maximum Gasteiger partial charge on any atom is 0.171 e. The molecule has 2 nitrogen and oxygen atoms in total.